The van der Waals surface area contributed by atoms with E-state index in [1.165, 1.54) is 0 Å². The zero-order valence-corrected chi connectivity index (χ0v) is 18.6. The topological polar surface area (TPSA) is 42.0 Å². The van der Waals surface area contributed by atoms with E-state index in [2.05, 4.69) is 16.8 Å². The summed E-state index contributed by atoms with van der Waals surface area (Å²) in [6.07, 6.45) is 0. The van der Waals surface area contributed by atoms with Crippen LogP contribution < -0.4 is 9.47 Å². The number of rotatable bonds is 9. The average Bonchev–Trinajstić information content (AvgIpc) is 2.84. The van der Waals surface area contributed by atoms with E-state index >= 15 is 0 Å². The minimum atomic E-state index is 0.0873. The Morgan fingerprint density at radius 1 is 0.750 bits per heavy atom. The van der Waals surface area contributed by atoms with Crippen LogP contribution in [0.15, 0.2) is 78.9 Å². The molecular weight excluding hydrogens is 400 g/mol. The third-order valence-corrected chi connectivity index (χ3v) is 5.66. The summed E-state index contributed by atoms with van der Waals surface area (Å²) >= 11 is 0. The highest BCUT2D eigenvalue weighted by Crippen LogP contribution is 2.25. The Morgan fingerprint density at radius 2 is 1.25 bits per heavy atom. The number of hydrogen-bond acceptors (Lipinski definition) is 5. The Morgan fingerprint density at radius 3 is 1.75 bits per heavy atom. The molecule has 0 spiro atoms. The lowest BCUT2D eigenvalue weighted by Crippen LogP contribution is -2.46. The number of nitrogens with zero attached hydrogens (tertiary/aromatic N) is 2. The number of likely N-dealkylation sites (N-methyl/N-ethyl adjacent to an activating group) is 1. The maximum absolute atomic E-state index is 13.1. The Bertz CT molecular complexity index is 938. The molecule has 1 saturated heterocycles. The molecule has 166 valence electrons. The van der Waals surface area contributed by atoms with Gasteiger partial charge in [-0.2, -0.15) is 0 Å². The van der Waals surface area contributed by atoms with E-state index in [4.69, 9.17) is 9.47 Å². The molecule has 3 aromatic rings. The second kappa shape index (κ2) is 10.9. The first-order valence-corrected chi connectivity index (χ1v) is 11.1. The highest BCUT2D eigenvalue weighted by molar-refractivity contribution is 5.98. The molecule has 0 N–H and O–H groups in total. The van der Waals surface area contributed by atoms with E-state index in [9.17, 15) is 4.79 Å². The van der Waals surface area contributed by atoms with Gasteiger partial charge in [-0.1, -0.05) is 60.7 Å². The molecule has 5 heteroatoms. The van der Waals surface area contributed by atoms with E-state index < -0.39 is 0 Å². The summed E-state index contributed by atoms with van der Waals surface area (Å²) in [5.41, 5.74) is 2.78. The van der Waals surface area contributed by atoms with Crippen LogP contribution in [0.4, 0.5) is 0 Å². The standard InChI is InChI=1S/C27H30N2O3/c1-28-12-14-29(15-13-28)19-27(30)24-16-25(31-20-22-8-4-2-5-9-22)18-26(17-24)32-21-23-10-6-3-7-11-23/h2-11,16-18H,12-15,19-21H2,1H3. The van der Waals surface area contributed by atoms with Crippen molar-refractivity contribution in [3.63, 3.8) is 0 Å². The van der Waals surface area contributed by atoms with E-state index in [1.54, 1.807) is 0 Å². The zero-order chi connectivity index (χ0) is 22.2. The van der Waals surface area contributed by atoms with Gasteiger partial charge in [-0.05, 0) is 30.3 Å². The third kappa shape index (κ3) is 6.42. The predicted molar refractivity (Wildman–Crippen MR) is 126 cm³/mol. The van der Waals surface area contributed by atoms with Crippen molar-refractivity contribution < 1.29 is 14.3 Å². The molecule has 1 fully saturated rings. The van der Waals surface area contributed by atoms with Crippen LogP contribution in [-0.4, -0.2) is 55.4 Å². The highest BCUT2D eigenvalue weighted by atomic mass is 16.5. The van der Waals surface area contributed by atoms with Gasteiger partial charge in [0.2, 0.25) is 0 Å². The summed E-state index contributed by atoms with van der Waals surface area (Å²) in [6, 6.07) is 25.5. The number of Topliss-reactive ketones (excluding diaryl/α,β-unsaturated/α-hetero) is 1. The van der Waals surface area contributed by atoms with Crippen LogP contribution in [-0.2, 0) is 13.2 Å². The van der Waals surface area contributed by atoms with Gasteiger partial charge in [0.05, 0.1) is 6.54 Å². The van der Waals surface area contributed by atoms with Crippen LogP contribution in [0, 0.1) is 0 Å². The Labute approximate surface area is 190 Å². The van der Waals surface area contributed by atoms with Gasteiger partial charge >= 0.3 is 0 Å². The summed E-state index contributed by atoms with van der Waals surface area (Å²) in [5, 5.41) is 0. The van der Waals surface area contributed by atoms with Crippen molar-refractivity contribution >= 4 is 5.78 Å². The molecule has 1 aliphatic rings. The maximum atomic E-state index is 13.1. The number of piperazine rings is 1. The van der Waals surface area contributed by atoms with Gasteiger partial charge in [0.25, 0.3) is 0 Å². The highest BCUT2D eigenvalue weighted by Gasteiger charge is 2.18. The SMILES string of the molecule is CN1CCN(CC(=O)c2cc(OCc3ccccc3)cc(OCc3ccccc3)c2)CC1. The molecule has 0 saturated carbocycles. The number of ketones is 1. The average molecular weight is 431 g/mol. The zero-order valence-electron chi connectivity index (χ0n) is 18.6. The number of carbonyl (C=O) groups excluding carboxylic acids is 1. The fourth-order valence-electron chi connectivity index (χ4n) is 3.68. The fourth-order valence-corrected chi connectivity index (χ4v) is 3.68. The van der Waals surface area contributed by atoms with Gasteiger partial charge in [-0.25, -0.2) is 0 Å². The molecule has 5 nitrogen and oxygen atoms in total. The molecule has 0 radical (unpaired) electrons. The summed E-state index contributed by atoms with van der Waals surface area (Å²) in [6.45, 7) is 5.07. The van der Waals surface area contributed by atoms with Gasteiger partial charge in [0.15, 0.2) is 5.78 Å². The second-order valence-corrected chi connectivity index (χ2v) is 8.24. The van der Waals surface area contributed by atoms with Crippen molar-refractivity contribution in [2.75, 3.05) is 39.8 Å². The minimum Gasteiger partial charge on any atom is -0.489 e. The summed E-state index contributed by atoms with van der Waals surface area (Å²) in [4.78, 5) is 17.6. The number of carbonyl (C=O) groups is 1. The van der Waals surface area contributed by atoms with Crippen molar-refractivity contribution in [3.8, 4) is 11.5 Å². The van der Waals surface area contributed by atoms with Crippen molar-refractivity contribution in [2.24, 2.45) is 0 Å². The van der Waals surface area contributed by atoms with E-state index in [0.717, 1.165) is 37.3 Å². The van der Waals surface area contributed by atoms with Gasteiger partial charge in [-0.15, -0.1) is 0 Å². The molecule has 32 heavy (non-hydrogen) atoms. The molecule has 0 bridgehead atoms. The number of ether oxygens (including phenoxy) is 2. The van der Waals surface area contributed by atoms with Crippen LogP contribution >= 0.6 is 0 Å². The van der Waals surface area contributed by atoms with Gasteiger partial charge in [0.1, 0.15) is 24.7 Å². The van der Waals surface area contributed by atoms with Crippen LogP contribution in [0.25, 0.3) is 0 Å². The maximum Gasteiger partial charge on any atom is 0.177 e. The lowest BCUT2D eigenvalue weighted by atomic mass is 10.1. The van der Waals surface area contributed by atoms with E-state index in [-0.39, 0.29) is 5.78 Å². The third-order valence-electron chi connectivity index (χ3n) is 5.66. The van der Waals surface area contributed by atoms with Gasteiger partial charge in [-0.3, -0.25) is 9.69 Å². The molecule has 0 amide bonds. The molecule has 0 aromatic heterocycles. The van der Waals surface area contributed by atoms with Crippen LogP contribution in [0.1, 0.15) is 21.5 Å². The molecular formula is C27H30N2O3. The Hall–Kier alpha value is -3.15. The predicted octanol–water partition coefficient (Wildman–Crippen LogP) is 4.27. The van der Waals surface area contributed by atoms with Crippen molar-refractivity contribution in [3.05, 3.63) is 95.6 Å². The molecule has 0 atom stereocenters. The van der Waals surface area contributed by atoms with Crippen LogP contribution in [0.2, 0.25) is 0 Å². The molecule has 4 rings (SSSR count). The van der Waals surface area contributed by atoms with Crippen molar-refractivity contribution in [1.29, 1.82) is 0 Å². The first-order chi connectivity index (χ1) is 15.7. The fraction of sp³-hybridized carbons (Fsp3) is 0.296. The summed E-state index contributed by atoms with van der Waals surface area (Å²) in [5.74, 6) is 1.37. The summed E-state index contributed by atoms with van der Waals surface area (Å²) in [7, 11) is 2.11. The quantitative estimate of drug-likeness (QED) is 0.474. The molecule has 0 aliphatic carbocycles. The minimum absolute atomic E-state index is 0.0873. The molecule has 0 unspecified atom stereocenters. The molecule has 1 heterocycles. The Kier molecular flexibility index (Phi) is 7.54. The first-order valence-electron chi connectivity index (χ1n) is 11.1. The number of benzene rings is 3. The van der Waals surface area contributed by atoms with Crippen LogP contribution in [0.5, 0.6) is 11.5 Å². The smallest absolute Gasteiger partial charge is 0.177 e. The normalized spacial score (nSPS) is 14.8. The first kappa shape index (κ1) is 22.1. The van der Waals surface area contributed by atoms with E-state index in [1.807, 2.05) is 78.9 Å². The van der Waals surface area contributed by atoms with Crippen molar-refractivity contribution in [1.82, 2.24) is 9.80 Å². The second-order valence-electron chi connectivity index (χ2n) is 8.24. The summed E-state index contributed by atoms with van der Waals surface area (Å²) < 4.78 is 12.1. The van der Waals surface area contributed by atoms with Gasteiger partial charge in [0, 0.05) is 37.8 Å². The lowest BCUT2D eigenvalue weighted by molar-refractivity contribution is 0.0875. The number of hydrogen-bond donors (Lipinski definition) is 0. The monoisotopic (exact) mass is 430 g/mol. The van der Waals surface area contributed by atoms with Crippen molar-refractivity contribution in [2.45, 2.75) is 13.2 Å². The lowest BCUT2D eigenvalue weighted by Gasteiger charge is -2.31. The Balaban J connectivity index is 1.48. The van der Waals surface area contributed by atoms with Gasteiger partial charge < -0.3 is 14.4 Å². The molecule has 3 aromatic carbocycles. The van der Waals surface area contributed by atoms with Crippen LogP contribution in [0.3, 0.4) is 0 Å². The van der Waals surface area contributed by atoms with E-state index in [0.29, 0.717) is 36.8 Å². The molecule has 1 aliphatic heterocycles. The largest absolute Gasteiger partial charge is 0.489 e.